The molecule has 1 atom stereocenters. The predicted octanol–water partition coefficient (Wildman–Crippen LogP) is 4.22. The van der Waals surface area contributed by atoms with Gasteiger partial charge in [0.25, 0.3) is 0 Å². The molecular formula is C22H26N2O4. The smallest absolute Gasteiger partial charge is 0.247 e. The van der Waals surface area contributed by atoms with Gasteiger partial charge in [-0.1, -0.05) is 19.1 Å². The topological polar surface area (TPSA) is 67.9 Å². The second kappa shape index (κ2) is 9.26. The Kier molecular flexibility index (Phi) is 6.53. The highest BCUT2D eigenvalue weighted by atomic mass is 16.5. The van der Waals surface area contributed by atoms with E-state index in [9.17, 15) is 9.59 Å². The van der Waals surface area contributed by atoms with Gasteiger partial charge in [0.15, 0.2) is 11.5 Å². The summed E-state index contributed by atoms with van der Waals surface area (Å²) in [7, 11) is 1.60. The molecule has 6 nitrogen and oxygen atoms in total. The molecule has 1 saturated heterocycles. The Hall–Kier alpha value is -3.02. The van der Waals surface area contributed by atoms with Crippen molar-refractivity contribution in [2.45, 2.75) is 38.6 Å². The summed E-state index contributed by atoms with van der Waals surface area (Å²) in [5.41, 5.74) is 0.673. The number of rotatable bonds is 6. The summed E-state index contributed by atoms with van der Waals surface area (Å²) in [4.78, 5) is 26.5. The lowest BCUT2D eigenvalue weighted by Crippen LogP contribution is -2.49. The molecule has 0 aliphatic carbocycles. The van der Waals surface area contributed by atoms with Crippen LogP contribution < -0.4 is 14.8 Å². The zero-order chi connectivity index (χ0) is 19.9. The van der Waals surface area contributed by atoms with Gasteiger partial charge in [0, 0.05) is 18.7 Å². The summed E-state index contributed by atoms with van der Waals surface area (Å²) in [6, 6.07) is 14.2. The number of methoxy groups -OCH3 is 1. The molecular weight excluding hydrogens is 356 g/mol. The number of likely N-dealkylation sites (tertiary alicyclic amines) is 1. The average Bonchev–Trinajstić information content (AvgIpc) is 2.75. The SMILES string of the molecule is CCC(=O)N1CCCCC1C(=O)Nc1ccc(Oc2ccccc2OC)cc1. The van der Waals surface area contributed by atoms with Gasteiger partial charge in [-0.25, -0.2) is 0 Å². The molecule has 1 N–H and O–H groups in total. The third-order valence-electron chi connectivity index (χ3n) is 4.85. The van der Waals surface area contributed by atoms with Crippen molar-refractivity contribution >= 4 is 17.5 Å². The van der Waals surface area contributed by atoms with E-state index in [0.717, 1.165) is 12.8 Å². The fourth-order valence-electron chi connectivity index (χ4n) is 3.37. The van der Waals surface area contributed by atoms with Gasteiger partial charge in [-0.2, -0.15) is 0 Å². The number of piperidine rings is 1. The van der Waals surface area contributed by atoms with E-state index >= 15 is 0 Å². The van der Waals surface area contributed by atoms with E-state index in [-0.39, 0.29) is 11.8 Å². The van der Waals surface area contributed by atoms with Crippen LogP contribution in [0.15, 0.2) is 48.5 Å². The van der Waals surface area contributed by atoms with Crippen molar-refractivity contribution in [1.82, 2.24) is 4.90 Å². The van der Waals surface area contributed by atoms with Crippen molar-refractivity contribution in [2.75, 3.05) is 19.0 Å². The minimum Gasteiger partial charge on any atom is -0.493 e. The number of anilines is 1. The molecule has 3 rings (SSSR count). The molecule has 1 unspecified atom stereocenters. The normalized spacial score (nSPS) is 16.4. The van der Waals surface area contributed by atoms with Crippen molar-refractivity contribution in [1.29, 1.82) is 0 Å². The number of carbonyl (C=O) groups is 2. The number of benzene rings is 2. The molecule has 6 heteroatoms. The lowest BCUT2D eigenvalue weighted by Gasteiger charge is -2.34. The minimum absolute atomic E-state index is 0.0282. The summed E-state index contributed by atoms with van der Waals surface area (Å²) in [6.45, 7) is 2.48. The van der Waals surface area contributed by atoms with Crippen molar-refractivity contribution < 1.29 is 19.1 Å². The van der Waals surface area contributed by atoms with E-state index < -0.39 is 6.04 Å². The number of nitrogens with zero attached hydrogens (tertiary/aromatic N) is 1. The van der Waals surface area contributed by atoms with E-state index in [4.69, 9.17) is 9.47 Å². The van der Waals surface area contributed by atoms with E-state index in [2.05, 4.69) is 5.32 Å². The first kappa shape index (κ1) is 19.7. The molecule has 2 amide bonds. The molecule has 28 heavy (non-hydrogen) atoms. The van der Waals surface area contributed by atoms with Crippen LogP contribution in [0.4, 0.5) is 5.69 Å². The molecule has 1 aliphatic heterocycles. The number of nitrogens with one attached hydrogen (secondary N) is 1. The minimum atomic E-state index is -0.397. The predicted molar refractivity (Wildman–Crippen MR) is 108 cm³/mol. The van der Waals surface area contributed by atoms with Crippen LogP contribution in [-0.2, 0) is 9.59 Å². The quantitative estimate of drug-likeness (QED) is 0.812. The monoisotopic (exact) mass is 382 g/mol. The lowest BCUT2D eigenvalue weighted by molar-refractivity contribution is -0.140. The number of hydrogen-bond donors (Lipinski definition) is 1. The highest BCUT2D eigenvalue weighted by Gasteiger charge is 2.31. The van der Waals surface area contributed by atoms with Gasteiger partial charge in [-0.15, -0.1) is 0 Å². The van der Waals surface area contributed by atoms with E-state index in [0.29, 0.717) is 42.3 Å². The lowest BCUT2D eigenvalue weighted by atomic mass is 10.0. The molecule has 2 aromatic carbocycles. The van der Waals surface area contributed by atoms with Gasteiger partial charge in [-0.3, -0.25) is 9.59 Å². The van der Waals surface area contributed by atoms with Gasteiger partial charge in [0.2, 0.25) is 11.8 Å². The zero-order valence-electron chi connectivity index (χ0n) is 16.3. The van der Waals surface area contributed by atoms with Gasteiger partial charge in [0.05, 0.1) is 7.11 Å². The number of para-hydroxylation sites is 2. The van der Waals surface area contributed by atoms with Crippen LogP contribution in [-0.4, -0.2) is 36.4 Å². The summed E-state index contributed by atoms with van der Waals surface area (Å²) in [6.07, 6.45) is 3.02. The summed E-state index contributed by atoms with van der Waals surface area (Å²) in [5.74, 6) is 1.80. The van der Waals surface area contributed by atoms with Crippen LogP contribution in [0.5, 0.6) is 17.2 Å². The Morgan fingerprint density at radius 1 is 1.07 bits per heavy atom. The van der Waals surface area contributed by atoms with E-state index in [1.54, 1.807) is 36.3 Å². The van der Waals surface area contributed by atoms with Crippen LogP contribution >= 0.6 is 0 Å². The van der Waals surface area contributed by atoms with Crippen LogP contribution in [0.1, 0.15) is 32.6 Å². The maximum atomic E-state index is 12.7. The third-order valence-corrected chi connectivity index (χ3v) is 4.85. The number of carbonyl (C=O) groups excluding carboxylic acids is 2. The molecule has 0 aromatic heterocycles. The Bertz CT molecular complexity index is 820. The van der Waals surface area contributed by atoms with Crippen LogP contribution in [0, 0.1) is 0 Å². The van der Waals surface area contributed by atoms with E-state index in [1.165, 1.54) is 0 Å². The highest BCUT2D eigenvalue weighted by molar-refractivity contribution is 5.97. The van der Waals surface area contributed by atoms with Crippen LogP contribution in [0.25, 0.3) is 0 Å². The van der Waals surface area contributed by atoms with E-state index in [1.807, 2.05) is 31.2 Å². The average molecular weight is 382 g/mol. The molecule has 1 aliphatic rings. The molecule has 2 aromatic rings. The fraction of sp³-hybridized carbons (Fsp3) is 0.364. The second-order valence-electron chi connectivity index (χ2n) is 6.72. The van der Waals surface area contributed by atoms with Crippen molar-refractivity contribution in [2.24, 2.45) is 0 Å². The third kappa shape index (κ3) is 4.63. The molecule has 0 spiro atoms. The maximum Gasteiger partial charge on any atom is 0.247 e. The first-order chi connectivity index (χ1) is 13.6. The van der Waals surface area contributed by atoms with Gasteiger partial charge >= 0.3 is 0 Å². The second-order valence-corrected chi connectivity index (χ2v) is 6.72. The molecule has 1 fully saturated rings. The van der Waals surface area contributed by atoms with Gasteiger partial charge in [0.1, 0.15) is 11.8 Å². The standard InChI is InChI=1S/C22H26N2O4/c1-3-21(25)24-15-7-6-8-18(24)22(26)23-16-11-13-17(14-12-16)28-20-10-5-4-9-19(20)27-2/h4-5,9-14,18H,3,6-8,15H2,1-2H3,(H,23,26). The summed E-state index contributed by atoms with van der Waals surface area (Å²) >= 11 is 0. The number of ether oxygens (including phenoxy) is 2. The molecule has 1 heterocycles. The Morgan fingerprint density at radius 3 is 2.46 bits per heavy atom. The van der Waals surface area contributed by atoms with Crippen LogP contribution in [0.2, 0.25) is 0 Å². The number of amides is 2. The van der Waals surface area contributed by atoms with Gasteiger partial charge in [-0.05, 0) is 55.7 Å². The number of hydrogen-bond acceptors (Lipinski definition) is 4. The molecule has 0 saturated carbocycles. The van der Waals surface area contributed by atoms with Crippen molar-refractivity contribution in [3.8, 4) is 17.2 Å². The highest BCUT2D eigenvalue weighted by Crippen LogP contribution is 2.31. The Morgan fingerprint density at radius 2 is 1.79 bits per heavy atom. The molecule has 0 radical (unpaired) electrons. The summed E-state index contributed by atoms with van der Waals surface area (Å²) in [5, 5.41) is 2.92. The van der Waals surface area contributed by atoms with Gasteiger partial charge < -0.3 is 19.7 Å². The summed E-state index contributed by atoms with van der Waals surface area (Å²) < 4.78 is 11.1. The molecule has 0 bridgehead atoms. The van der Waals surface area contributed by atoms with Crippen molar-refractivity contribution in [3.05, 3.63) is 48.5 Å². The largest absolute Gasteiger partial charge is 0.493 e. The van der Waals surface area contributed by atoms with Crippen LogP contribution in [0.3, 0.4) is 0 Å². The Labute approximate surface area is 165 Å². The Balaban J connectivity index is 1.65. The first-order valence-electron chi connectivity index (χ1n) is 9.63. The van der Waals surface area contributed by atoms with Crippen molar-refractivity contribution in [3.63, 3.8) is 0 Å². The zero-order valence-corrected chi connectivity index (χ0v) is 16.3. The first-order valence-corrected chi connectivity index (χ1v) is 9.63. The molecule has 148 valence electrons. The fourth-order valence-corrected chi connectivity index (χ4v) is 3.37. The maximum absolute atomic E-state index is 12.7.